The van der Waals surface area contributed by atoms with E-state index in [-0.39, 0.29) is 12.5 Å². The molecule has 0 radical (unpaired) electrons. The largest absolute Gasteiger partial charge is 0.357 e. The topological polar surface area (TPSA) is 90.0 Å². The molecule has 0 unspecified atom stereocenters. The molecule has 0 saturated carbocycles. The van der Waals surface area contributed by atoms with Gasteiger partial charge in [-0.1, -0.05) is 54.4 Å². The first-order valence-corrected chi connectivity index (χ1v) is 12.4. The van der Waals surface area contributed by atoms with Gasteiger partial charge in [0.2, 0.25) is 11.8 Å². The molecule has 8 nitrogen and oxygen atoms in total. The Bertz CT molecular complexity index is 1080. The van der Waals surface area contributed by atoms with Crippen LogP contribution in [0, 0.1) is 0 Å². The van der Waals surface area contributed by atoms with Crippen molar-refractivity contribution in [1.29, 1.82) is 0 Å². The molecule has 0 fully saturated rings. The first-order chi connectivity index (χ1) is 15.5. The molecule has 1 atom stereocenters. The van der Waals surface area contributed by atoms with Gasteiger partial charge in [0.15, 0.2) is 0 Å². The maximum absolute atomic E-state index is 13.6. The zero-order valence-corrected chi connectivity index (χ0v) is 21.3. The Labute approximate surface area is 205 Å². The first kappa shape index (κ1) is 26.9. The third-order valence-electron chi connectivity index (χ3n) is 5.05. The van der Waals surface area contributed by atoms with Gasteiger partial charge < -0.3 is 10.2 Å². The van der Waals surface area contributed by atoms with E-state index in [1.54, 1.807) is 55.5 Å². The quantitative estimate of drug-likeness (QED) is 0.527. The zero-order chi connectivity index (χ0) is 24.8. The summed E-state index contributed by atoms with van der Waals surface area (Å²) in [6, 6.07) is 12.4. The van der Waals surface area contributed by atoms with Crippen molar-refractivity contribution >= 4 is 50.9 Å². The molecule has 0 heterocycles. The minimum Gasteiger partial charge on any atom is -0.357 e. The normalized spacial score (nSPS) is 12.3. The summed E-state index contributed by atoms with van der Waals surface area (Å²) in [6.07, 6.45) is 0.322. The summed E-state index contributed by atoms with van der Waals surface area (Å²) in [5.41, 5.74) is 0.913. The van der Waals surface area contributed by atoms with Crippen LogP contribution in [0.25, 0.3) is 0 Å². The number of nitrogens with one attached hydrogen (secondary N) is 1. The number of hydrogen-bond donors (Lipinski definition) is 1. The zero-order valence-electron chi connectivity index (χ0n) is 19.0. The second-order valence-corrected chi connectivity index (χ2v) is 10.3. The van der Waals surface area contributed by atoms with E-state index < -0.39 is 28.7 Å². The third-order valence-corrected chi connectivity index (χ3v) is 7.46. The van der Waals surface area contributed by atoms with Crippen molar-refractivity contribution in [2.75, 3.05) is 32.0 Å². The SMILES string of the molecule is CC[C@@H](C(=O)NC)N(Cc1ccc(Cl)cc1Cl)C(=O)CN(c1ccccc1)S(=O)(=O)N(C)C. The molecule has 2 amide bonds. The maximum atomic E-state index is 13.6. The molecule has 0 aliphatic carbocycles. The maximum Gasteiger partial charge on any atom is 0.304 e. The molecular weight excluding hydrogens is 487 g/mol. The summed E-state index contributed by atoms with van der Waals surface area (Å²) < 4.78 is 28.1. The summed E-state index contributed by atoms with van der Waals surface area (Å²) in [7, 11) is 0.270. The van der Waals surface area contributed by atoms with Gasteiger partial charge >= 0.3 is 10.2 Å². The average molecular weight is 515 g/mol. The van der Waals surface area contributed by atoms with Gasteiger partial charge in [-0.15, -0.1) is 0 Å². The fourth-order valence-corrected chi connectivity index (χ4v) is 4.75. The number of carbonyl (C=O) groups is 2. The van der Waals surface area contributed by atoms with Crippen molar-refractivity contribution in [3.63, 3.8) is 0 Å². The minimum atomic E-state index is -3.99. The number of likely N-dealkylation sites (N-methyl/N-ethyl adjacent to an activating group) is 1. The number of carbonyl (C=O) groups excluding carboxylic acids is 2. The number of halogens is 2. The third kappa shape index (κ3) is 6.60. The van der Waals surface area contributed by atoms with E-state index in [4.69, 9.17) is 23.2 Å². The Kier molecular flexibility index (Phi) is 9.54. The molecular formula is C22H28Cl2N4O4S. The summed E-state index contributed by atoms with van der Waals surface area (Å²) >= 11 is 12.3. The summed E-state index contributed by atoms with van der Waals surface area (Å²) in [5.74, 6) is -0.914. The fourth-order valence-electron chi connectivity index (χ4n) is 3.23. The number of hydrogen-bond acceptors (Lipinski definition) is 4. The van der Waals surface area contributed by atoms with Crippen LogP contribution in [0.4, 0.5) is 5.69 Å². The average Bonchev–Trinajstić information content (AvgIpc) is 2.78. The van der Waals surface area contributed by atoms with E-state index in [2.05, 4.69) is 5.32 Å². The molecule has 0 bridgehead atoms. The Morgan fingerprint density at radius 2 is 1.70 bits per heavy atom. The predicted octanol–water partition coefficient (Wildman–Crippen LogP) is 3.16. The van der Waals surface area contributed by atoms with Crippen LogP contribution >= 0.6 is 23.2 Å². The number of anilines is 1. The van der Waals surface area contributed by atoms with E-state index in [1.807, 2.05) is 0 Å². The monoisotopic (exact) mass is 514 g/mol. The lowest BCUT2D eigenvalue weighted by Crippen LogP contribution is -2.52. The van der Waals surface area contributed by atoms with Crippen LogP contribution in [0.2, 0.25) is 10.0 Å². The molecule has 0 saturated heterocycles. The van der Waals surface area contributed by atoms with E-state index in [0.717, 1.165) is 8.61 Å². The van der Waals surface area contributed by atoms with Crippen molar-refractivity contribution in [2.45, 2.75) is 25.9 Å². The molecule has 0 aliphatic heterocycles. The highest BCUT2D eigenvalue weighted by Crippen LogP contribution is 2.25. The van der Waals surface area contributed by atoms with Gasteiger partial charge in [-0.2, -0.15) is 12.7 Å². The second kappa shape index (κ2) is 11.7. The molecule has 2 aromatic carbocycles. The number of benzene rings is 2. The first-order valence-electron chi connectivity index (χ1n) is 10.2. The van der Waals surface area contributed by atoms with E-state index >= 15 is 0 Å². The Morgan fingerprint density at radius 3 is 2.21 bits per heavy atom. The molecule has 0 spiro atoms. The molecule has 0 aliphatic rings. The van der Waals surface area contributed by atoms with Gasteiger partial charge in [-0.05, 0) is 36.2 Å². The fraction of sp³-hybridized carbons (Fsp3) is 0.364. The van der Waals surface area contributed by atoms with Gasteiger partial charge in [0.25, 0.3) is 0 Å². The van der Waals surface area contributed by atoms with Crippen molar-refractivity contribution in [2.24, 2.45) is 0 Å². The van der Waals surface area contributed by atoms with Crippen LogP contribution in [0.5, 0.6) is 0 Å². The number of amides is 2. The van der Waals surface area contributed by atoms with Gasteiger partial charge in [0.05, 0.1) is 5.69 Å². The van der Waals surface area contributed by atoms with Crippen molar-refractivity contribution in [1.82, 2.24) is 14.5 Å². The van der Waals surface area contributed by atoms with Crippen LogP contribution in [-0.2, 0) is 26.3 Å². The smallest absolute Gasteiger partial charge is 0.304 e. The van der Waals surface area contributed by atoms with E-state index in [9.17, 15) is 18.0 Å². The highest BCUT2D eigenvalue weighted by Gasteiger charge is 2.33. The molecule has 2 aromatic rings. The molecule has 180 valence electrons. The lowest BCUT2D eigenvalue weighted by molar-refractivity contribution is -0.140. The standard InChI is InChI=1S/C22H28Cl2N4O4S/c1-5-20(22(30)25-2)27(14-16-11-12-17(23)13-19(16)24)21(29)15-28(33(31,32)26(3)4)18-9-7-6-8-10-18/h6-13,20H,5,14-15H2,1-4H3,(H,25,30)/t20-/m0/s1. The van der Waals surface area contributed by atoms with Crippen LogP contribution in [0.15, 0.2) is 48.5 Å². The lowest BCUT2D eigenvalue weighted by atomic mass is 10.1. The summed E-state index contributed by atoms with van der Waals surface area (Å²) in [5, 5.41) is 3.35. The molecule has 11 heteroatoms. The second-order valence-electron chi connectivity index (χ2n) is 7.43. The van der Waals surface area contributed by atoms with Crippen molar-refractivity contribution < 1.29 is 18.0 Å². The molecule has 33 heavy (non-hydrogen) atoms. The molecule has 1 N–H and O–H groups in total. The number of para-hydroxylation sites is 1. The van der Waals surface area contributed by atoms with Crippen LogP contribution in [0.3, 0.4) is 0 Å². The molecule has 0 aromatic heterocycles. The highest BCUT2D eigenvalue weighted by molar-refractivity contribution is 7.90. The van der Waals surface area contributed by atoms with Crippen molar-refractivity contribution in [3.05, 3.63) is 64.1 Å². The molecule has 2 rings (SSSR count). The number of rotatable bonds is 10. The summed E-state index contributed by atoms with van der Waals surface area (Å²) in [6.45, 7) is 1.28. The Hall–Kier alpha value is -2.33. The van der Waals surface area contributed by atoms with Crippen LogP contribution in [-0.4, -0.2) is 63.2 Å². The highest BCUT2D eigenvalue weighted by atomic mass is 35.5. The van der Waals surface area contributed by atoms with E-state index in [0.29, 0.717) is 27.7 Å². The Balaban J connectivity index is 2.49. The van der Waals surface area contributed by atoms with Crippen LogP contribution in [0.1, 0.15) is 18.9 Å². The predicted molar refractivity (Wildman–Crippen MR) is 132 cm³/mol. The van der Waals surface area contributed by atoms with E-state index in [1.165, 1.54) is 26.0 Å². The van der Waals surface area contributed by atoms with Gasteiger partial charge in [-0.3, -0.25) is 9.59 Å². The van der Waals surface area contributed by atoms with Gasteiger partial charge in [0.1, 0.15) is 12.6 Å². The number of nitrogens with zero attached hydrogens (tertiary/aromatic N) is 3. The van der Waals surface area contributed by atoms with Gasteiger partial charge in [0, 0.05) is 37.7 Å². The van der Waals surface area contributed by atoms with Crippen molar-refractivity contribution in [3.8, 4) is 0 Å². The van der Waals surface area contributed by atoms with Crippen LogP contribution < -0.4 is 9.62 Å². The lowest BCUT2D eigenvalue weighted by Gasteiger charge is -2.33. The summed E-state index contributed by atoms with van der Waals surface area (Å²) in [4.78, 5) is 27.5. The minimum absolute atomic E-state index is 0.00536. The Morgan fingerprint density at radius 1 is 1.06 bits per heavy atom. The van der Waals surface area contributed by atoms with Gasteiger partial charge in [-0.25, -0.2) is 4.31 Å².